The summed E-state index contributed by atoms with van der Waals surface area (Å²) in [5.41, 5.74) is 0. The van der Waals surface area contributed by atoms with E-state index in [-0.39, 0.29) is 6.04 Å². The Morgan fingerprint density at radius 3 is 2.72 bits per heavy atom. The number of carboxylic acids is 1. The molecule has 0 spiro atoms. The van der Waals surface area contributed by atoms with E-state index < -0.39 is 5.97 Å². The van der Waals surface area contributed by atoms with Crippen molar-refractivity contribution in [3.8, 4) is 0 Å². The second kappa shape index (κ2) is 6.02. The van der Waals surface area contributed by atoms with Crippen LogP contribution in [0.3, 0.4) is 0 Å². The van der Waals surface area contributed by atoms with Crippen molar-refractivity contribution in [1.82, 2.24) is 9.80 Å². The lowest BCUT2D eigenvalue weighted by molar-refractivity contribution is -0.139. The van der Waals surface area contributed by atoms with Gasteiger partial charge in [0, 0.05) is 18.1 Å². The maximum atomic E-state index is 11.0. The van der Waals surface area contributed by atoms with Gasteiger partial charge in [0.2, 0.25) is 0 Å². The van der Waals surface area contributed by atoms with Crippen LogP contribution in [0.25, 0.3) is 0 Å². The monoisotopic (exact) mass is 254 g/mol. The van der Waals surface area contributed by atoms with E-state index in [1.54, 1.807) is 0 Å². The minimum atomic E-state index is -0.645. The van der Waals surface area contributed by atoms with Crippen molar-refractivity contribution in [3.05, 3.63) is 0 Å². The molecule has 0 amide bonds. The number of hydrogen-bond acceptors (Lipinski definition) is 3. The van der Waals surface area contributed by atoms with E-state index in [1.165, 1.54) is 25.7 Å². The Balaban J connectivity index is 1.97. The number of carboxylic acid groups (broad SMARTS) is 1. The molecule has 4 nitrogen and oxygen atoms in total. The number of rotatable bonds is 3. The van der Waals surface area contributed by atoms with Crippen LogP contribution < -0.4 is 0 Å². The van der Waals surface area contributed by atoms with Crippen LogP contribution in [-0.2, 0) is 4.79 Å². The fourth-order valence-electron chi connectivity index (χ4n) is 3.49. The van der Waals surface area contributed by atoms with Gasteiger partial charge in [-0.05, 0) is 52.7 Å². The summed E-state index contributed by atoms with van der Waals surface area (Å²) in [6, 6.07) is 1.49. The molecule has 0 aliphatic carbocycles. The zero-order valence-electron chi connectivity index (χ0n) is 11.6. The van der Waals surface area contributed by atoms with E-state index in [0.717, 1.165) is 19.5 Å². The maximum absolute atomic E-state index is 11.0. The summed E-state index contributed by atoms with van der Waals surface area (Å²) in [7, 11) is 2.19. The maximum Gasteiger partial charge on any atom is 0.304 e. The molecular weight excluding hydrogens is 228 g/mol. The zero-order chi connectivity index (χ0) is 13.1. The first-order valence-electron chi connectivity index (χ1n) is 7.25. The quantitative estimate of drug-likeness (QED) is 0.834. The molecule has 0 aromatic rings. The Kier molecular flexibility index (Phi) is 4.62. The molecule has 1 N–H and O–H groups in total. The van der Waals surface area contributed by atoms with Crippen molar-refractivity contribution in [2.24, 2.45) is 0 Å². The van der Waals surface area contributed by atoms with Crippen LogP contribution in [0.15, 0.2) is 0 Å². The van der Waals surface area contributed by atoms with Crippen molar-refractivity contribution >= 4 is 5.97 Å². The Morgan fingerprint density at radius 1 is 1.28 bits per heavy atom. The Bertz CT molecular complexity index is 296. The van der Waals surface area contributed by atoms with Crippen LogP contribution in [0.4, 0.5) is 0 Å². The summed E-state index contributed by atoms with van der Waals surface area (Å²) in [5, 5.41) is 9.04. The van der Waals surface area contributed by atoms with Crippen LogP contribution in [0.5, 0.6) is 0 Å². The fraction of sp³-hybridized carbons (Fsp3) is 0.929. The number of nitrogens with zero attached hydrogens (tertiary/aromatic N) is 2. The van der Waals surface area contributed by atoms with E-state index in [0.29, 0.717) is 18.5 Å². The van der Waals surface area contributed by atoms with Crippen LogP contribution in [-0.4, -0.2) is 59.1 Å². The predicted molar refractivity (Wildman–Crippen MR) is 71.7 cm³/mol. The van der Waals surface area contributed by atoms with E-state index in [9.17, 15) is 4.79 Å². The van der Waals surface area contributed by atoms with Gasteiger partial charge in [0.15, 0.2) is 0 Å². The average molecular weight is 254 g/mol. The molecule has 2 rings (SSSR count). The third-order valence-corrected chi connectivity index (χ3v) is 4.73. The van der Waals surface area contributed by atoms with Crippen molar-refractivity contribution in [3.63, 3.8) is 0 Å². The van der Waals surface area contributed by atoms with E-state index in [1.807, 2.05) is 0 Å². The summed E-state index contributed by atoms with van der Waals surface area (Å²) in [6.07, 6.45) is 6.19. The number of likely N-dealkylation sites (tertiary alicyclic amines) is 2. The minimum absolute atomic E-state index is 0.275. The second-order valence-electron chi connectivity index (χ2n) is 5.99. The highest BCUT2D eigenvalue weighted by Crippen LogP contribution is 2.28. The van der Waals surface area contributed by atoms with Crippen molar-refractivity contribution in [1.29, 1.82) is 0 Å². The Morgan fingerprint density at radius 2 is 2.06 bits per heavy atom. The smallest absolute Gasteiger partial charge is 0.304 e. The molecule has 104 valence electrons. The topological polar surface area (TPSA) is 43.8 Å². The van der Waals surface area contributed by atoms with Crippen LogP contribution in [0.1, 0.15) is 45.4 Å². The predicted octanol–water partition coefficient (Wildman–Crippen LogP) is 1.80. The highest BCUT2D eigenvalue weighted by molar-refractivity contribution is 5.67. The highest BCUT2D eigenvalue weighted by Gasteiger charge is 2.33. The third-order valence-electron chi connectivity index (χ3n) is 4.73. The number of carbonyl (C=O) groups is 1. The third kappa shape index (κ3) is 3.23. The molecule has 0 saturated carbocycles. The van der Waals surface area contributed by atoms with Crippen molar-refractivity contribution < 1.29 is 9.90 Å². The van der Waals surface area contributed by atoms with Gasteiger partial charge >= 0.3 is 5.97 Å². The molecule has 0 bridgehead atoms. The van der Waals surface area contributed by atoms with Crippen LogP contribution in [0, 0.1) is 0 Å². The summed E-state index contributed by atoms with van der Waals surface area (Å²) < 4.78 is 0. The molecule has 0 radical (unpaired) electrons. The summed E-state index contributed by atoms with van der Waals surface area (Å²) >= 11 is 0. The van der Waals surface area contributed by atoms with E-state index >= 15 is 0 Å². The lowest BCUT2D eigenvalue weighted by Gasteiger charge is -2.45. The molecule has 0 aromatic carbocycles. The van der Waals surface area contributed by atoms with Crippen LogP contribution in [0.2, 0.25) is 0 Å². The molecule has 2 fully saturated rings. The largest absolute Gasteiger partial charge is 0.481 e. The SMILES string of the molecule is CC1CC(N2CCCCC2CC(=O)O)CCN1C. The first-order valence-corrected chi connectivity index (χ1v) is 7.25. The van der Waals surface area contributed by atoms with Gasteiger partial charge < -0.3 is 10.0 Å². The fourth-order valence-corrected chi connectivity index (χ4v) is 3.49. The molecule has 2 aliphatic heterocycles. The molecule has 2 heterocycles. The Hall–Kier alpha value is -0.610. The van der Waals surface area contributed by atoms with Gasteiger partial charge in [-0.1, -0.05) is 6.42 Å². The molecule has 3 unspecified atom stereocenters. The minimum Gasteiger partial charge on any atom is -0.481 e. The van der Waals surface area contributed by atoms with Gasteiger partial charge in [-0.15, -0.1) is 0 Å². The molecule has 18 heavy (non-hydrogen) atoms. The summed E-state index contributed by atoms with van der Waals surface area (Å²) in [6.45, 7) is 4.52. The first kappa shape index (κ1) is 13.8. The van der Waals surface area contributed by atoms with Gasteiger partial charge in [-0.3, -0.25) is 9.69 Å². The van der Waals surface area contributed by atoms with Gasteiger partial charge in [-0.25, -0.2) is 0 Å². The Labute approximate surface area is 110 Å². The van der Waals surface area contributed by atoms with Gasteiger partial charge in [0.1, 0.15) is 0 Å². The molecule has 4 heteroatoms. The first-order chi connectivity index (χ1) is 8.58. The number of piperidine rings is 2. The van der Waals surface area contributed by atoms with Gasteiger partial charge in [0.25, 0.3) is 0 Å². The van der Waals surface area contributed by atoms with Gasteiger partial charge in [0.05, 0.1) is 6.42 Å². The van der Waals surface area contributed by atoms with Gasteiger partial charge in [-0.2, -0.15) is 0 Å². The molecule has 2 aliphatic rings. The zero-order valence-corrected chi connectivity index (χ0v) is 11.6. The standard InChI is InChI=1S/C14H26N2O2/c1-11-9-13(6-8-15(11)2)16-7-4-3-5-12(16)10-14(17)18/h11-13H,3-10H2,1-2H3,(H,17,18). The van der Waals surface area contributed by atoms with Crippen molar-refractivity contribution in [2.45, 2.75) is 63.6 Å². The average Bonchev–Trinajstić information content (AvgIpc) is 2.33. The molecule has 0 aromatic heterocycles. The lowest BCUT2D eigenvalue weighted by atomic mass is 9.91. The molecule has 3 atom stereocenters. The highest BCUT2D eigenvalue weighted by atomic mass is 16.4. The second-order valence-corrected chi connectivity index (χ2v) is 5.99. The van der Waals surface area contributed by atoms with Crippen LogP contribution >= 0.6 is 0 Å². The van der Waals surface area contributed by atoms with Crippen molar-refractivity contribution in [2.75, 3.05) is 20.1 Å². The van der Waals surface area contributed by atoms with E-state index in [2.05, 4.69) is 23.8 Å². The lowest BCUT2D eigenvalue weighted by Crippen LogP contribution is -2.53. The number of hydrogen-bond donors (Lipinski definition) is 1. The van der Waals surface area contributed by atoms with E-state index in [4.69, 9.17) is 5.11 Å². The summed E-state index contributed by atoms with van der Waals surface area (Å²) in [5.74, 6) is -0.645. The number of aliphatic carboxylic acids is 1. The summed E-state index contributed by atoms with van der Waals surface area (Å²) in [4.78, 5) is 15.9. The normalized spacial score (nSPS) is 35.6. The molecule has 2 saturated heterocycles. The molecular formula is C14H26N2O2.